The summed E-state index contributed by atoms with van der Waals surface area (Å²) in [7, 11) is 0. The predicted octanol–water partition coefficient (Wildman–Crippen LogP) is 1.49. The number of benzene rings is 1. The Labute approximate surface area is 179 Å². The van der Waals surface area contributed by atoms with Crippen molar-refractivity contribution < 1.29 is 14.3 Å². The first-order valence-electron chi connectivity index (χ1n) is 9.62. The number of thioether (sulfide) groups is 1. The second-order valence-corrected chi connectivity index (χ2v) is 7.85. The standard InChI is InChI=1S/C19H17N7O4S/c1-2-31-19-20-18-22-21-15-12(26(18)24-19)6-7-25(17(15)28)23-16(27)11-4-5-13-14(10-11)30-9-3-8-29-13/h4-7,10H,2-3,8-9H2,1H3,(H,23,27). The van der Waals surface area contributed by atoms with Crippen LogP contribution in [0, 0.1) is 0 Å². The number of nitrogens with zero attached hydrogens (tertiary/aromatic N) is 6. The van der Waals surface area contributed by atoms with E-state index < -0.39 is 11.5 Å². The van der Waals surface area contributed by atoms with Crippen molar-refractivity contribution in [2.24, 2.45) is 0 Å². The summed E-state index contributed by atoms with van der Waals surface area (Å²) in [6.45, 7) is 3.06. The molecule has 0 atom stereocenters. The minimum atomic E-state index is -0.533. The number of amides is 1. The highest BCUT2D eigenvalue weighted by molar-refractivity contribution is 7.99. The van der Waals surface area contributed by atoms with Crippen molar-refractivity contribution in [2.75, 3.05) is 24.4 Å². The Bertz CT molecular complexity index is 1370. The van der Waals surface area contributed by atoms with Gasteiger partial charge in [-0.1, -0.05) is 18.7 Å². The average Bonchev–Trinajstić information content (AvgIpc) is 3.04. The summed E-state index contributed by atoms with van der Waals surface area (Å²) in [5, 5.41) is 12.9. The summed E-state index contributed by atoms with van der Waals surface area (Å²) < 4.78 is 13.7. The fourth-order valence-corrected chi connectivity index (χ4v) is 3.69. The van der Waals surface area contributed by atoms with Crippen LogP contribution in [0.4, 0.5) is 0 Å². The van der Waals surface area contributed by atoms with Crippen molar-refractivity contribution in [3.05, 3.63) is 46.4 Å². The fourth-order valence-electron chi connectivity index (χ4n) is 3.14. The molecular formula is C19H17N7O4S. The lowest BCUT2D eigenvalue weighted by molar-refractivity contribution is 0.101. The third-order valence-corrected chi connectivity index (χ3v) is 5.31. The number of nitrogens with one attached hydrogen (secondary N) is 1. The van der Waals surface area contributed by atoms with E-state index in [1.807, 2.05) is 6.92 Å². The van der Waals surface area contributed by atoms with E-state index in [2.05, 4.69) is 25.7 Å². The highest BCUT2D eigenvalue weighted by atomic mass is 32.2. The van der Waals surface area contributed by atoms with Crippen molar-refractivity contribution in [3.8, 4) is 11.5 Å². The third-order valence-electron chi connectivity index (χ3n) is 4.59. The number of fused-ring (bicyclic) bond motifs is 4. The molecule has 158 valence electrons. The first-order valence-corrected chi connectivity index (χ1v) is 10.6. The molecule has 0 radical (unpaired) electrons. The van der Waals surface area contributed by atoms with Gasteiger partial charge in [0.1, 0.15) is 5.52 Å². The predicted molar refractivity (Wildman–Crippen MR) is 112 cm³/mol. The van der Waals surface area contributed by atoms with Gasteiger partial charge in [-0.15, -0.1) is 15.3 Å². The lowest BCUT2D eigenvalue weighted by Gasteiger charge is -2.11. The van der Waals surface area contributed by atoms with Crippen LogP contribution in [0.1, 0.15) is 23.7 Å². The van der Waals surface area contributed by atoms with Crippen molar-refractivity contribution >= 4 is 34.5 Å². The van der Waals surface area contributed by atoms with Crippen molar-refractivity contribution in [3.63, 3.8) is 0 Å². The number of pyridine rings is 1. The summed E-state index contributed by atoms with van der Waals surface area (Å²) in [5.74, 6) is 1.72. The molecule has 1 aromatic carbocycles. The molecule has 0 unspecified atom stereocenters. The number of ether oxygens (including phenoxy) is 2. The van der Waals surface area contributed by atoms with Crippen molar-refractivity contribution in [1.29, 1.82) is 0 Å². The van der Waals surface area contributed by atoms with Gasteiger partial charge in [-0.2, -0.15) is 9.50 Å². The van der Waals surface area contributed by atoms with Gasteiger partial charge in [-0.05, 0) is 30.0 Å². The van der Waals surface area contributed by atoms with Crippen molar-refractivity contribution in [1.82, 2.24) is 29.5 Å². The fraction of sp³-hybridized carbons (Fsp3) is 0.263. The van der Waals surface area contributed by atoms with E-state index in [0.29, 0.717) is 46.7 Å². The molecule has 31 heavy (non-hydrogen) atoms. The van der Waals surface area contributed by atoms with E-state index in [-0.39, 0.29) is 5.52 Å². The van der Waals surface area contributed by atoms with Crippen LogP contribution >= 0.6 is 11.8 Å². The molecule has 0 saturated carbocycles. The molecule has 0 spiro atoms. The smallest absolute Gasteiger partial charge is 0.299 e. The molecule has 3 aromatic heterocycles. The summed E-state index contributed by atoms with van der Waals surface area (Å²) in [6.07, 6.45) is 2.21. The molecule has 1 N–H and O–H groups in total. The molecule has 5 rings (SSSR count). The van der Waals surface area contributed by atoms with Gasteiger partial charge in [-0.3, -0.25) is 15.0 Å². The Morgan fingerprint density at radius 3 is 2.87 bits per heavy atom. The largest absolute Gasteiger partial charge is 0.490 e. The van der Waals surface area contributed by atoms with Crippen LogP contribution in [0.15, 0.2) is 40.4 Å². The monoisotopic (exact) mass is 439 g/mol. The molecule has 1 amide bonds. The van der Waals surface area contributed by atoms with Gasteiger partial charge < -0.3 is 9.47 Å². The zero-order valence-electron chi connectivity index (χ0n) is 16.4. The molecule has 4 aromatic rings. The molecule has 11 nitrogen and oxygen atoms in total. The van der Waals surface area contributed by atoms with Crippen LogP contribution in [0.2, 0.25) is 0 Å². The first kappa shape index (κ1) is 19.3. The number of rotatable bonds is 4. The third kappa shape index (κ3) is 3.54. The van der Waals surface area contributed by atoms with E-state index in [4.69, 9.17) is 9.47 Å². The lowest BCUT2D eigenvalue weighted by Crippen LogP contribution is -2.33. The van der Waals surface area contributed by atoms with Crippen LogP contribution < -0.4 is 20.5 Å². The highest BCUT2D eigenvalue weighted by Gasteiger charge is 2.17. The van der Waals surface area contributed by atoms with E-state index in [0.717, 1.165) is 16.8 Å². The SMILES string of the molecule is CCSc1nc2nnc3c(=O)n(NC(=O)c4ccc5c(c4)OCCCO5)ccc3n2n1. The number of hydrogen-bond donors (Lipinski definition) is 1. The number of aromatic nitrogens is 6. The van der Waals surface area contributed by atoms with Crippen molar-refractivity contribution in [2.45, 2.75) is 18.5 Å². The van der Waals surface area contributed by atoms with Crippen LogP contribution in [-0.2, 0) is 0 Å². The van der Waals surface area contributed by atoms with E-state index in [1.54, 1.807) is 24.3 Å². The molecule has 4 heterocycles. The number of hydrogen-bond acceptors (Lipinski definition) is 9. The molecule has 1 aliphatic rings. The number of carbonyl (C=O) groups is 1. The maximum atomic E-state index is 12.9. The van der Waals surface area contributed by atoms with Crippen LogP contribution in [-0.4, -0.2) is 54.3 Å². The van der Waals surface area contributed by atoms with Gasteiger partial charge >= 0.3 is 0 Å². The summed E-state index contributed by atoms with van der Waals surface area (Å²) in [4.78, 5) is 29.9. The maximum absolute atomic E-state index is 12.9. The Morgan fingerprint density at radius 2 is 2.03 bits per heavy atom. The summed E-state index contributed by atoms with van der Waals surface area (Å²) in [6, 6.07) is 6.51. The highest BCUT2D eigenvalue weighted by Crippen LogP contribution is 2.30. The second-order valence-electron chi connectivity index (χ2n) is 6.62. The minimum Gasteiger partial charge on any atom is -0.490 e. The lowest BCUT2D eigenvalue weighted by atomic mass is 10.2. The van der Waals surface area contributed by atoms with E-state index in [1.165, 1.54) is 22.5 Å². The molecule has 0 bridgehead atoms. The molecular weight excluding hydrogens is 422 g/mol. The Balaban J connectivity index is 1.47. The van der Waals surface area contributed by atoms with Gasteiger partial charge in [0.15, 0.2) is 17.0 Å². The van der Waals surface area contributed by atoms with Crippen LogP contribution in [0.3, 0.4) is 0 Å². The molecule has 0 saturated heterocycles. The van der Waals surface area contributed by atoms with Crippen LogP contribution in [0.5, 0.6) is 11.5 Å². The van der Waals surface area contributed by atoms with Gasteiger partial charge in [0, 0.05) is 18.2 Å². The topological polar surface area (TPSA) is 126 Å². The van der Waals surface area contributed by atoms with Gasteiger partial charge in [0.25, 0.3) is 17.2 Å². The van der Waals surface area contributed by atoms with E-state index >= 15 is 0 Å². The summed E-state index contributed by atoms with van der Waals surface area (Å²) >= 11 is 1.46. The first-order chi connectivity index (χ1) is 15.1. The zero-order valence-corrected chi connectivity index (χ0v) is 17.3. The second kappa shape index (κ2) is 7.87. The quantitative estimate of drug-likeness (QED) is 0.471. The van der Waals surface area contributed by atoms with E-state index in [9.17, 15) is 9.59 Å². The number of carbonyl (C=O) groups excluding carboxylic acids is 1. The van der Waals surface area contributed by atoms with Gasteiger partial charge in [-0.25, -0.2) is 4.68 Å². The Morgan fingerprint density at radius 1 is 1.19 bits per heavy atom. The summed E-state index contributed by atoms with van der Waals surface area (Å²) in [5.41, 5.74) is 2.88. The van der Waals surface area contributed by atoms with Gasteiger partial charge in [0.05, 0.1) is 13.2 Å². The van der Waals surface area contributed by atoms with Gasteiger partial charge in [0.2, 0.25) is 5.16 Å². The maximum Gasteiger partial charge on any atom is 0.299 e. The molecule has 0 aliphatic carbocycles. The molecule has 1 aliphatic heterocycles. The Hall–Kier alpha value is -3.67. The normalized spacial score (nSPS) is 13.3. The molecule has 0 fully saturated rings. The average molecular weight is 439 g/mol. The zero-order chi connectivity index (χ0) is 21.4. The molecule has 12 heteroatoms. The minimum absolute atomic E-state index is 0.0620. The van der Waals surface area contributed by atoms with Crippen LogP contribution in [0.25, 0.3) is 16.8 Å². The Kier molecular flexibility index (Phi) is 4.90.